The summed E-state index contributed by atoms with van der Waals surface area (Å²) in [4.78, 5) is 26.5. The first-order valence-corrected chi connectivity index (χ1v) is 12.0. The highest BCUT2D eigenvalue weighted by molar-refractivity contribution is 5.88. The molecule has 5 aromatic rings. The van der Waals surface area contributed by atoms with Crippen molar-refractivity contribution in [1.82, 2.24) is 24.7 Å². The molecule has 1 unspecified atom stereocenters. The molecule has 0 aliphatic heterocycles. The minimum Gasteiger partial charge on any atom is -0.481 e. The molecule has 1 N–H and O–H groups in total. The van der Waals surface area contributed by atoms with E-state index < -0.39 is 0 Å². The van der Waals surface area contributed by atoms with Gasteiger partial charge in [0.05, 0.1) is 24.1 Å². The number of methoxy groups -OCH3 is 1. The Balaban J connectivity index is 1.63. The first kappa shape index (κ1) is 24.1. The lowest BCUT2D eigenvalue weighted by Gasteiger charge is -2.06. The van der Waals surface area contributed by atoms with Gasteiger partial charge in [0.1, 0.15) is 12.2 Å². The van der Waals surface area contributed by atoms with Gasteiger partial charge in [-0.3, -0.25) is 4.40 Å². The highest BCUT2D eigenvalue weighted by atomic mass is 16.5. The summed E-state index contributed by atoms with van der Waals surface area (Å²) in [5.74, 6) is 7.37. The fourth-order valence-electron chi connectivity index (χ4n) is 4.27. The highest BCUT2D eigenvalue weighted by Gasteiger charge is 2.23. The average Bonchev–Trinajstić information content (AvgIpc) is 3.26. The number of nitroso groups, excluding NO2 is 1. The third-order valence-electron chi connectivity index (χ3n) is 6.27. The van der Waals surface area contributed by atoms with Crippen molar-refractivity contribution in [3.8, 4) is 29.0 Å². The fourth-order valence-corrected chi connectivity index (χ4v) is 4.27. The maximum atomic E-state index is 12.9. The van der Waals surface area contributed by atoms with Crippen LogP contribution in [0.3, 0.4) is 0 Å². The molecule has 0 spiro atoms. The Bertz CT molecular complexity index is 1700. The van der Waals surface area contributed by atoms with Crippen molar-refractivity contribution < 1.29 is 9.50 Å². The predicted octanol–water partition coefficient (Wildman–Crippen LogP) is 4.68. The van der Waals surface area contributed by atoms with Gasteiger partial charge in [-0.05, 0) is 84.4 Å². The van der Waals surface area contributed by atoms with Crippen LogP contribution in [0.5, 0.6) is 5.88 Å². The van der Waals surface area contributed by atoms with Gasteiger partial charge in [-0.2, -0.15) is 0 Å². The number of benzene rings is 1. The minimum absolute atomic E-state index is 0.0126. The summed E-state index contributed by atoms with van der Waals surface area (Å²) in [5, 5.41) is 4.98. The van der Waals surface area contributed by atoms with E-state index in [2.05, 4.69) is 22.1 Å². The predicted molar refractivity (Wildman–Crippen MR) is 144 cm³/mol. The van der Waals surface area contributed by atoms with E-state index in [1.165, 1.54) is 0 Å². The van der Waals surface area contributed by atoms with Crippen molar-refractivity contribution in [2.75, 3.05) is 20.7 Å². The van der Waals surface area contributed by atoms with Crippen LogP contribution in [0, 0.1) is 23.7 Å². The molecule has 37 heavy (non-hydrogen) atoms. The van der Waals surface area contributed by atoms with Crippen molar-refractivity contribution in [3.05, 3.63) is 88.8 Å². The fraction of sp³-hybridized carbons (Fsp3) is 0.207. The lowest BCUT2D eigenvalue weighted by molar-refractivity contribution is -0.470. The van der Waals surface area contributed by atoms with Gasteiger partial charge in [-0.15, -0.1) is 0 Å². The molecule has 8 heteroatoms. The number of fused-ring (bicyclic) bond motifs is 2. The second kappa shape index (κ2) is 10.2. The molecule has 0 saturated carbocycles. The van der Waals surface area contributed by atoms with Crippen molar-refractivity contribution in [2.24, 2.45) is 0 Å². The summed E-state index contributed by atoms with van der Waals surface area (Å²) in [5.41, 5.74) is 4.73. The normalized spacial score (nSPS) is 11.8. The molecular weight excluding hydrogens is 464 g/mol. The van der Waals surface area contributed by atoms with Crippen LogP contribution < -0.4 is 10.1 Å². The lowest BCUT2D eigenvalue weighted by atomic mass is 10.1. The maximum absolute atomic E-state index is 12.9. The molecule has 0 fully saturated rings. The van der Waals surface area contributed by atoms with Crippen molar-refractivity contribution >= 4 is 22.2 Å². The van der Waals surface area contributed by atoms with Crippen LogP contribution in [0.4, 0.5) is 5.82 Å². The van der Waals surface area contributed by atoms with Gasteiger partial charge in [-0.25, -0.2) is 9.97 Å². The molecule has 184 valence electrons. The van der Waals surface area contributed by atoms with Crippen LogP contribution in [-0.4, -0.2) is 50.9 Å². The van der Waals surface area contributed by atoms with E-state index in [9.17, 15) is 4.91 Å². The second-order valence-corrected chi connectivity index (χ2v) is 8.80. The third-order valence-corrected chi connectivity index (χ3v) is 6.27. The molecule has 1 aromatic carbocycles. The standard InChI is InChI=1S/C29H27N6O2/c1-19(30-3)18-35(36)27-13-11-24(28-20(2)32-26-7-5-6-16-34(26)28)25(33-27)12-9-21-8-10-23-22(17-21)14-15-31-29(23)37-4/h5-8,10-11,13-17,19,30H,18H2,1-4H3/q+1. The smallest absolute Gasteiger partial charge is 0.362 e. The molecular formula is C29H27N6O2+. The van der Waals surface area contributed by atoms with Gasteiger partial charge in [0, 0.05) is 35.5 Å². The molecule has 4 aromatic heterocycles. The summed E-state index contributed by atoms with van der Waals surface area (Å²) >= 11 is 0. The lowest BCUT2D eigenvalue weighted by Crippen LogP contribution is -2.29. The molecule has 4 heterocycles. The molecule has 0 amide bonds. The molecule has 8 nitrogen and oxygen atoms in total. The number of imidazole rings is 1. The van der Waals surface area contributed by atoms with Crippen molar-refractivity contribution in [1.29, 1.82) is 0 Å². The number of hydrogen-bond acceptors (Lipinski definition) is 6. The SMILES string of the molecule is CNC(C)C[N+](=O)c1ccc(-c2c(C)nc3ccccn23)c(C#Cc2ccc3c(OC)nccc3c2)n1. The molecule has 0 saturated heterocycles. The number of aromatic nitrogens is 4. The zero-order valence-electron chi connectivity index (χ0n) is 21.2. The van der Waals surface area contributed by atoms with Gasteiger partial charge >= 0.3 is 5.82 Å². The Hall–Kier alpha value is -4.61. The second-order valence-electron chi connectivity index (χ2n) is 8.80. The number of pyridine rings is 3. The molecule has 5 rings (SSSR count). The van der Waals surface area contributed by atoms with E-state index in [0.717, 1.165) is 43.7 Å². The van der Waals surface area contributed by atoms with Crippen molar-refractivity contribution in [3.63, 3.8) is 0 Å². The summed E-state index contributed by atoms with van der Waals surface area (Å²) in [6.45, 7) is 4.18. The van der Waals surface area contributed by atoms with E-state index in [4.69, 9.17) is 14.7 Å². The third kappa shape index (κ3) is 4.77. The molecule has 0 bridgehead atoms. The van der Waals surface area contributed by atoms with Crippen LogP contribution in [-0.2, 0) is 0 Å². The van der Waals surface area contributed by atoms with Crippen LogP contribution in [0.15, 0.2) is 67.0 Å². The van der Waals surface area contributed by atoms with E-state index in [1.54, 1.807) is 19.4 Å². The Morgan fingerprint density at radius 1 is 1.11 bits per heavy atom. The van der Waals surface area contributed by atoms with Gasteiger partial charge < -0.3 is 10.1 Å². The largest absolute Gasteiger partial charge is 0.481 e. The van der Waals surface area contributed by atoms with Crippen LogP contribution in [0.2, 0.25) is 0 Å². The summed E-state index contributed by atoms with van der Waals surface area (Å²) < 4.78 is 8.28. The minimum atomic E-state index is 0.0126. The Kier molecular flexibility index (Phi) is 6.62. The van der Waals surface area contributed by atoms with Gasteiger partial charge in [0.2, 0.25) is 11.6 Å². The van der Waals surface area contributed by atoms with Gasteiger partial charge in [-0.1, -0.05) is 16.9 Å². The molecule has 0 aliphatic carbocycles. The summed E-state index contributed by atoms with van der Waals surface area (Å²) in [6.07, 6.45) is 3.68. The zero-order valence-corrected chi connectivity index (χ0v) is 21.2. The van der Waals surface area contributed by atoms with Crippen LogP contribution in [0.1, 0.15) is 23.9 Å². The maximum Gasteiger partial charge on any atom is 0.362 e. The molecule has 0 aliphatic rings. The van der Waals surface area contributed by atoms with E-state index in [0.29, 0.717) is 17.4 Å². The molecule has 1 atom stereocenters. The highest BCUT2D eigenvalue weighted by Crippen LogP contribution is 2.29. The van der Waals surface area contributed by atoms with Gasteiger partial charge in [0.25, 0.3) is 0 Å². The number of nitrogens with zero attached hydrogens (tertiary/aromatic N) is 5. The number of likely N-dealkylation sites (N-methyl/N-ethyl adjacent to an activating group) is 1. The number of aryl methyl sites for hydroxylation is 1. The Morgan fingerprint density at radius 2 is 1.97 bits per heavy atom. The first-order valence-electron chi connectivity index (χ1n) is 12.0. The number of nitrogens with one attached hydrogen (secondary N) is 1. The number of ether oxygens (including phenoxy) is 1. The van der Waals surface area contributed by atoms with E-state index in [-0.39, 0.29) is 12.6 Å². The van der Waals surface area contributed by atoms with Crippen LogP contribution in [0.25, 0.3) is 27.7 Å². The van der Waals surface area contributed by atoms with Crippen molar-refractivity contribution in [2.45, 2.75) is 19.9 Å². The van der Waals surface area contributed by atoms with E-state index >= 15 is 0 Å². The number of hydrogen-bond donors (Lipinski definition) is 1. The molecule has 0 radical (unpaired) electrons. The first-order chi connectivity index (χ1) is 18.0. The van der Waals surface area contributed by atoms with E-state index in [1.807, 2.05) is 80.0 Å². The Labute approximate surface area is 214 Å². The zero-order chi connectivity index (χ0) is 25.9. The topological polar surface area (TPSA) is 84.4 Å². The Morgan fingerprint density at radius 3 is 2.78 bits per heavy atom. The van der Waals surface area contributed by atoms with Crippen LogP contribution >= 0.6 is 0 Å². The van der Waals surface area contributed by atoms with Gasteiger partial charge in [0.15, 0.2) is 0 Å². The quantitative estimate of drug-likeness (QED) is 0.274. The summed E-state index contributed by atoms with van der Waals surface area (Å²) in [7, 11) is 3.43. The number of rotatable bonds is 6. The monoisotopic (exact) mass is 491 g/mol. The summed E-state index contributed by atoms with van der Waals surface area (Å²) in [6, 6.07) is 17.3. The average molecular weight is 492 g/mol.